The zero-order valence-corrected chi connectivity index (χ0v) is 19.8. The second-order valence-corrected chi connectivity index (χ2v) is 10.5. The summed E-state index contributed by atoms with van der Waals surface area (Å²) in [7, 11) is 0. The Balaban J connectivity index is 1.28. The van der Waals surface area contributed by atoms with Gasteiger partial charge in [0, 0.05) is 24.4 Å². The molecule has 5 rings (SSSR count). The van der Waals surface area contributed by atoms with Crippen LogP contribution in [-0.2, 0) is 18.7 Å². The van der Waals surface area contributed by atoms with Gasteiger partial charge < -0.3 is 4.90 Å². The third-order valence-corrected chi connectivity index (χ3v) is 7.95. The van der Waals surface area contributed by atoms with Crippen LogP contribution in [0, 0.1) is 3.95 Å². The molecule has 0 spiro atoms. The van der Waals surface area contributed by atoms with Crippen LogP contribution >= 0.6 is 35.3 Å². The first-order valence-electron chi connectivity index (χ1n) is 10.4. The number of aromatic nitrogens is 2. The first-order chi connectivity index (χ1) is 15.7. The maximum Gasteiger partial charge on any atom is 0.254 e. The minimum absolute atomic E-state index is 0.0621. The molecular weight excluding hydrogens is 454 g/mol. The predicted molar refractivity (Wildman–Crippen MR) is 133 cm³/mol. The van der Waals surface area contributed by atoms with Crippen LogP contribution < -0.4 is 0 Å². The van der Waals surface area contributed by atoms with E-state index in [1.165, 1.54) is 28.0 Å². The smallest absolute Gasteiger partial charge is 0.254 e. The highest BCUT2D eigenvalue weighted by molar-refractivity contribution is 8.00. The number of nitrogens with zero attached hydrogens (tertiary/aromatic N) is 3. The maximum absolute atomic E-state index is 13.0. The molecule has 0 radical (unpaired) electrons. The Morgan fingerprint density at radius 3 is 2.47 bits per heavy atom. The standard InChI is InChI=1S/C25H21N3OS3/c29-23(27-15-14-19-8-4-5-9-21(19)16-27)20-10-12-22(13-11-20)28-25(30)32-24(26-28)31-17-18-6-2-1-3-7-18/h1-13H,14-17H2. The van der Waals surface area contributed by atoms with E-state index in [1.807, 2.05) is 53.4 Å². The lowest BCUT2D eigenvalue weighted by Gasteiger charge is -2.29. The van der Waals surface area contributed by atoms with Gasteiger partial charge in [-0.3, -0.25) is 4.79 Å². The van der Waals surface area contributed by atoms with Gasteiger partial charge in [-0.15, -0.1) is 5.10 Å². The molecule has 160 valence electrons. The van der Waals surface area contributed by atoms with Gasteiger partial charge in [0.05, 0.1) is 5.69 Å². The summed E-state index contributed by atoms with van der Waals surface area (Å²) in [5.74, 6) is 0.919. The first kappa shape index (κ1) is 21.1. The van der Waals surface area contributed by atoms with Crippen molar-refractivity contribution in [3.05, 3.63) is 105 Å². The van der Waals surface area contributed by atoms with Gasteiger partial charge in [0.2, 0.25) is 0 Å². The van der Waals surface area contributed by atoms with Crippen LogP contribution in [0.4, 0.5) is 0 Å². The van der Waals surface area contributed by atoms with E-state index in [4.69, 9.17) is 12.2 Å². The number of carbonyl (C=O) groups excluding carboxylic acids is 1. The van der Waals surface area contributed by atoms with E-state index < -0.39 is 0 Å². The van der Waals surface area contributed by atoms with Crippen LogP contribution in [0.1, 0.15) is 27.0 Å². The molecular formula is C25H21N3OS3. The molecule has 32 heavy (non-hydrogen) atoms. The van der Waals surface area contributed by atoms with Crippen LogP contribution in [0.25, 0.3) is 5.69 Å². The molecule has 1 aromatic heterocycles. The van der Waals surface area contributed by atoms with E-state index in [2.05, 4.69) is 35.4 Å². The fourth-order valence-electron chi connectivity index (χ4n) is 3.80. The molecule has 0 bridgehead atoms. The monoisotopic (exact) mass is 475 g/mol. The second kappa shape index (κ2) is 9.40. The normalized spacial score (nSPS) is 13.1. The molecule has 0 unspecified atom stereocenters. The summed E-state index contributed by atoms with van der Waals surface area (Å²) in [5.41, 5.74) is 5.39. The Labute approximate surface area is 200 Å². The fraction of sp³-hybridized carbons (Fsp3) is 0.160. The predicted octanol–water partition coefficient (Wildman–Crippen LogP) is 6.15. The lowest BCUT2D eigenvalue weighted by atomic mass is 9.99. The summed E-state index contributed by atoms with van der Waals surface area (Å²) in [4.78, 5) is 15.0. The van der Waals surface area contributed by atoms with Gasteiger partial charge >= 0.3 is 0 Å². The van der Waals surface area contributed by atoms with Crippen molar-refractivity contribution in [3.8, 4) is 5.69 Å². The molecule has 2 heterocycles. The summed E-state index contributed by atoms with van der Waals surface area (Å²) in [5, 5.41) is 4.68. The van der Waals surface area contributed by atoms with Gasteiger partial charge in [0.1, 0.15) is 0 Å². The summed E-state index contributed by atoms with van der Waals surface area (Å²) < 4.78 is 3.41. The molecule has 0 aliphatic carbocycles. The van der Waals surface area contributed by atoms with Crippen molar-refractivity contribution in [1.82, 2.24) is 14.7 Å². The van der Waals surface area contributed by atoms with E-state index in [9.17, 15) is 4.79 Å². The molecule has 4 nitrogen and oxygen atoms in total. The van der Waals surface area contributed by atoms with Crippen molar-refractivity contribution in [3.63, 3.8) is 0 Å². The molecule has 0 N–H and O–H groups in total. The van der Waals surface area contributed by atoms with Crippen molar-refractivity contribution in [1.29, 1.82) is 0 Å². The number of amides is 1. The van der Waals surface area contributed by atoms with Crippen molar-refractivity contribution < 1.29 is 4.79 Å². The highest BCUT2D eigenvalue weighted by Gasteiger charge is 2.21. The van der Waals surface area contributed by atoms with Crippen LogP contribution in [0.15, 0.2) is 83.2 Å². The number of carbonyl (C=O) groups is 1. The molecule has 1 amide bonds. The van der Waals surface area contributed by atoms with Crippen molar-refractivity contribution in [2.24, 2.45) is 0 Å². The number of benzene rings is 3. The van der Waals surface area contributed by atoms with E-state index in [0.29, 0.717) is 16.1 Å². The number of fused-ring (bicyclic) bond motifs is 1. The van der Waals surface area contributed by atoms with Crippen LogP contribution in [0.2, 0.25) is 0 Å². The third kappa shape index (κ3) is 4.55. The Kier molecular flexibility index (Phi) is 6.21. The molecule has 0 saturated heterocycles. The Hall–Kier alpha value is -2.74. The number of hydrogen-bond donors (Lipinski definition) is 0. The largest absolute Gasteiger partial charge is 0.334 e. The molecule has 1 aliphatic rings. The second-order valence-electron chi connectivity index (χ2n) is 7.61. The minimum atomic E-state index is 0.0621. The van der Waals surface area contributed by atoms with Gasteiger partial charge in [-0.25, -0.2) is 4.68 Å². The van der Waals surface area contributed by atoms with Crippen molar-refractivity contribution in [2.75, 3.05) is 6.54 Å². The van der Waals surface area contributed by atoms with Crippen molar-refractivity contribution >= 4 is 41.2 Å². The quantitative estimate of drug-likeness (QED) is 0.256. The summed E-state index contributed by atoms with van der Waals surface area (Å²) in [6, 6.07) is 26.3. The number of rotatable bonds is 5. The number of thioether (sulfide) groups is 1. The highest BCUT2D eigenvalue weighted by Crippen LogP contribution is 2.27. The maximum atomic E-state index is 13.0. The third-order valence-electron chi connectivity index (χ3n) is 5.51. The highest BCUT2D eigenvalue weighted by atomic mass is 32.2. The lowest BCUT2D eigenvalue weighted by molar-refractivity contribution is 0.0734. The molecule has 4 aromatic rings. The average Bonchev–Trinajstić information content (AvgIpc) is 3.23. The molecule has 1 aliphatic heterocycles. The Bertz CT molecular complexity index is 1300. The molecule has 0 saturated carbocycles. The van der Waals surface area contributed by atoms with Crippen LogP contribution in [-0.4, -0.2) is 27.1 Å². The van der Waals surface area contributed by atoms with Crippen LogP contribution in [0.3, 0.4) is 0 Å². The van der Waals surface area contributed by atoms with Crippen molar-refractivity contribution in [2.45, 2.75) is 23.1 Å². The Morgan fingerprint density at radius 2 is 1.69 bits per heavy atom. The zero-order chi connectivity index (χ0) is 21.9. The molecule has 3 aromatic carbocycles. The molecule has 0 atom stereocenters. The zero-order valence-electron chi connectivity index (χ0n) is 17.3. The van der Waals surface area contributed by atoms with E-state index in [1.54, 1.807) is 16.4 Å². The number of hydrogen-bond acceptors (Lipinski definition) is 5. The van der Waals surface area contributed by atoms with Gasteiger partial charge in [0.25, 0.3) is 5.91 Å². The topological polar surface area (TPSA) is 38.1 Å². The Morgan fingerprint density at radius 1 is 0.969 bits per heavy atom. The minimum Gasteiger partial charge on any atom is -0.334 e. The van der Waals surface area contributed by atoms with E-state index in [0.717, 1.165) is 28.7 Å². The molecule has 7 heteroatoms. The van der Waals surface area contributed by atoms with Crippen LogP contribution in [0.5, 0.6) is 0 Å². The fourth-order valence-corrected chi connectivity index (χ4v) is 6.12. The summed E-state index contributed by atoms with van der Waals surface area (Å²) >= 11 is 8.73. The van der Waals surface area contributed by atoms with E-state index >= 15 is 0 Å². The molecule has 0 fully saturated rings. The van der Waals surface area contributed by atoms with Gasteiger partial charge in [-0.2, -0.15) is 0 Å². The van der Waals surface area contributed by atoms with Gasteiger partial charge in [-0.05, 0) is 59.6 Å². The first-order valence-corrected chi connectivity index (χ1v) is 12.6. The van der Waals surface area contributed by atoms with E-state index in [-0.39, 0.29) is 5.91 Å². The average molecular weight is 476 g/mol. The SMILES string of the molecule is O=C(c1ccc(-n2nc(SCc3ccccc3)sc2=S)cc1)N1CCc2ccccc2C1. The van der Waals surface area contributed by atoms with Gasteiger partial charge in [0.15, 0.2) is 8.29 Å². The lowest BCUT2D eigenvalue weighted by Crippen LogP contribution is -2.35. The summed E-state index contributed by atoms with van der Waals surface area (Å²) in [6.45, 7) is 1.41. The summed E-state index contributed by atoms with van der Waals surface area (Å²) in [6.07, 6.45) is 0.900. The van der Waals surface area contributed by atoms with Gasteiger partial charge in [-0.1, -0.05) is 77.7 Å².